The number of methoxy groups -OCH3 is 2. The number of hydrogen-bond acceptors (Lipinski definition) is 6. The largest absolute Gasteiger partial charge is 0.496 e. The Morgan fingerprint density at radius 2 is 1.37 bits per heavy atom. The van der Waals surface area contributed by atoms with E-state index in [2.05, 4.69) is 5.32 Å². The highest BCUT2D eigenvalue weighted by Gasteiger charge is 2.20. The number of carbonyl (C=O) groups excluding carboxylic acids is 2. The van der Waals surface area contributed by atoms with Crippen molar-refractivity contribution >= 4 is 17.6 Å². The lowest BCUT2D eigenvalue weighted by atomic mass is 10.2. The summed E-state index contributed by atoms with van der Waals surface area (Å²) in [4.78, 5) is 24.6. The summed E-state index contributed by atoms with van der Waals surface area (Å²) in [6.07, 6.45) is 0. The molecule has 1 N–H and O–H groups in total. The Labute approximate surface area is 174 Å². The number of rotatable bonds is 8. The molecule has 0 fully saturated rings. The van der Waals surface area contributed by atoms with Crippen molar-refractivity contribution in [2.75, 3.05) is 26.1 Å². The molecule has 0 aliphatic heterocycles. The van der Waals surface area contributed by atoms with Gasteiger partial charge in [-0.1, -0.05) is 24.3 Å². The second kappa shape index (κ2) is 9.97. The van der Waals surface area contributed by atoms with E-state index in [0.717, 1.165) is 0 Å². The summed E-state index contributed by atoms with van der Waals surface area (Å²) in [5.41, 5.74) is 0.670. The van der Waals surface area contributed by atoms with Crippen molar-refractivity contribution in [1.82, 2.24) is 0 Å². The summed E-state index contributed by atoms with van der Waals surface area (Å²) in [6.45, 7) is -0.456. The second-order valence-corrected chi connectivity index (χ2v) is 6.10. The molecular formula is C23H21NO6. The van der Waals surface area contributed by atoms with Crippen molar-refractivity contribution in [2.24, 2.45) is 0 Å². The van der Waals surface area contributed by atoms with Crippen LogP contribution in [-0.2, 0) is 9.53 Å². The molecular weight excluding hydrogens is 386 g/mol. The maximum absolute atomic E-state index is 12.4. The molecule has 154 valence electrons. The summed E-state index contributed by atoms with van der Waals surface area (Å²) in [5, 5.41) is 2.66. The van der Waals surface area contributed by atoms with Crippen LogP contribution in [0.15, 0.2) is 72.8 Å². The van der Waals surface area contributed by atoms with E-state index in [-0.39, 0.29) is 5.56 Å². The van der Waals surface area contributed by atoms with Gasteiger partial charge in [-0.05, 0) is 48.5 Å². The zero-order chi connectivity index (χ0) is 21.3. The van der Waals surface area contributed by atoms with Gasteiger partial charge in [-0.2, -0.15) is 0 Å². The fourth-order valence-electron chi connectivity index (χ4n) is 2.68. The minimum absolute atomic E-state index is 0.123. The summed E-state index contributed by atoms with van der Waals surface area (Å²) < 4.78 is 21.2. The van der Waals surface area contributed by atoms with Crippen LogP contribution in [0.4, 0.5) is 5.69 Å². The molecule has 3 aromatic rings. The van der Waals surface area contributed by atoms with Gasteiger partial charge in [-0.3, -0.25) is 4.79 Å². The monoisotopic (exact) mass is 407 g/mol. The van der Waals surface area contributed by atoms with Gasteiger partial charge in [0.25, 0.3) is 5.91 Å². The van der Waals surface area contributed by atoms with E-state index >= 15 is 0 Å². The fraction of sp³-hybridized carbons (Fsp3) is 0.130. The van der Waals surface area contributed by atoms with E-state index in [9.17, 15) is 9.59 Å². The van der Waals surface area contributed by atoms with Gasteiger partial charge in [0.05, 0.1) is 14.2 Å². The van der Waals surface area contributed by atoms with E-state index < -0.39 is 18.5 Å². The first-order chi connectivity index (χ1) is 14.6. The maximum Gasteiger partial charge on any atom is 0.346 e. The number of para-hydroxylation sites is 1. The van der Waals surface area contributed by atoms with Gasteiger partial charge in [0, 0.05) is 5.69 Å². The Balaban J connectivity index is 1.55. The van der Waals surface area contributed by atoms with Gasteiger partial charge in [0.15, 0.2) is 6.61 Å². The SMILES string of the molecule is COc1cccc(OC)c1C(=O)OCC(=O)Nc1ccc(Oc2ccccc2)cc1. The number of hydrogen-bond donors (Lipinski definition) is 1. The van der Waals surface area contributed by atoms with Crippen LogP contribution in [0, 0.1) is 0 Å². The quantitative estimate of drug-likeness (QED) is 0.561. The molecule has 0 saturated heterocycles. The molecule has 7 heteroatoms. The molecule has 1 amide bonds. The predicted octanol–water partition coefficient (Wildman–Crippen LogP) is 4.29. The van der Waals surface area contributed by atoms with Crippen molar-refractivity contribution in [1.29, 1.82) is 0 Å². The van der Waals surface area contributed by atoms with E-state index in [1.807, 2.05) is 30.3 Å². The molecule has 0 aliphatic carbocycles. The van der Waals surface area contributed by atoms with Crippen molar-refractivity contribution in [3.8, 4) is 23.0 Å². The average Bonchev–Trinajstić information content (AvgIpc) is 2.78. The van der Waals surface area contributed by atoms with Gasteiger partial charge >= 0.3 is 5.97 Å². The van der Waals surface area contributed by atoms with E-state index in [1.54, 1.807) is 42.5 Å². The standard InChI is InChI=1S/C23H21NO6/c1-27-19-9-6-10-20(28-2)22(19)23(26)29-15-21(25)24-16-11-13-18(14-12-16)30-17-7-4-3-5-8-17/h3-14H,15H2,1-2H3,(H,24,25). The third-order valence-corrected chi connectivity index (χ3v) is 4.08. The molecule has 0 bridgehead atoms. The fourth-order valence-corrected chi connectivity index (χ4v) is 2.68. The molecule has 30 heavy (non-hydrogen) atoms. The third-order valence-electron chi connectivity index (χ3n) is 4.08. The van der Waals surface area contributed by atoms with Crippen LogP contribution in [0.25, 0.3) is 0 Å². The van der Waals surface area contributed by atoms with Crippen LogP contribution >= 0.6 is 0 Å². The zero-order valence-corrected chi connectivity index (χ0v) is 16.6. The van der Waals surface area contributed by atoms with Crippen molar-refractivity contribution in [2.45, 2.75) is 0 Å². The topological polar surface area (TPSA) is 83.1 Å². The van der Waals surface area contributed by atoms with Gasteiger partial charge in [-0.15, -0.1) is 0 Å². The average molecular weight is 407 g/mol. The summed E-state index contributed by atoms with van der Waals surface area (Å²) in [7, 11) is 2.87. The summed E-state index contributed by atoms with van der Waals surface area (Å²) in [6, 6.07) is 21.1. The lowest BCUT2D eigenvalue weighted by molar-refractivity contribution is -0.119. The Morgan fingerprint density at radius 3 is 1.97 bits per heavy atom. The number of anilines is 1. The molecule has 0 aliphatic rings. The predicted molar refractivity (Wildman–Crippen MR) is 111 cm³/mol. The molecule has 0 atom stereocenters. The second-order valence-electron chi connectivity index (χ2n) is 6.10. The van der Waals surface area contributed by atoms with Crippen molar-refractivity contribution < 1.29 is 28.5 Å². The summed E-state index contributed by atoms with van der Waals surface area (Å²) >= 11 is 0. The van der Waals surface area contributed by atoms with Gasteiger partial charge < -0.3 is 24.3 Å². The van der Waals surface area contributed by atoms with E-state index in [1.165, 1.54) is 14.2 Å². The molecule has 0 spiro atoms. The Bertz CT molecular complexity index is 980. The maximum atomic E-state index is 12.4. The van der Waals surface area contributed by atoms with Crippen LogP contribution in [0.5, 0.6) is 23.0 Å². The first-order valence-corrected chi connectivity index (χ1v) is 9.11. The number of benzene rings is 3. The number of ether oxygens (including phenoxy) is 4. The number of nitrogens with one attached hydrogen (secondary N) is 1. The van der Waals surface area contributed by atoms with Crippen LogP contribution in [0.2, 0.25) is 0 Å². The third kappa shape index (κ3) is 5.29. The van der Waals surface area contributed by atoms with Gasteiger partial charge in [-0.25, -0.2) is 4.79 Å². The highest BCUT2D eigenvalue weighted by molar-refractivity contribution is 5.98. The van der Waals surface area contributed by atoms with E-state index in [4.69, 9.17) is 18.9 Å². The highest BCUT2D eigenvalue weighted by Crippen LogP contribution is 2.29. The minimum Gasteiger partial charge on any atom is -0.496 e. The Kier molecular flexibility index (Phi) is 6.89. The van der Waals surface area contributed by atoms with Gasteiger partial charge in [0.2, 0.25) is 0 Å². The zero-order valence-electron chi connectivity index (χ0n) is 16.6. The van der Waals surface area contributed by atoms with Crippen LogP contribution in [0.3, 0.4) is 0 Å². The Morgan fingerprint density at radius 1 is 0.767 bits per heavy atom. The summed E-state index contributed by atoms with van der Waals surface area (Å²) in [5.74, 6) is 0.754. The Hall–Kier alpha value is -4.00. The lowest BCUT2D eigenvalue weighted by Crippen LogP contribution is -2.21. The number of carbonyl (C=O) groups is 2. The number of esters is 1. The molecule has 7 nitrogen and oxygen atoms in total. The molecule has 3 rings (SSSR count). The van der Waals surface area contributed by atoms with Crippen molar-refractivity contribution in [3.63, 3.8) is 0 Å². The molecule has 3 aromatic carbocycles. The lowest BCUT2D eigenvalue weighted by Gasteiger charge is -2.12. The minimum atomic E-state index is -0.717. The first-order valence-electron chi connectivity index (χ1n) is 9.11. The van der Waals surface area contributed by atoms with Crippen LogP contribution in [-0.4, -0.2) is 32.7 Å². The first kappa shape index (κ1) is 20.7. The van der Waals surface area contributed by atoms with Crippen molar-refractivity contribution in [3.05, 3.63) is 78.4 Å². The number of amides is 1. The normalized spacial score (nSPS) is 10.1. The van der Waals surface area contributed by atoms with Crippen LogP contribution in [0.1, 0.15) is 10.4 Å². The molecule has 0 aromatic heterocycles. The molecule has 0 heterocycles. The molecule has 0 unspecified atom stereocenters. The van der Waals surface area contributed by atoms with Gasteiger partial charge in [0.1, 0.15) is 28.6 Å². The smallest absolute Gasteiger partial charge is 0.346 e. The van der Waals surface area contributed by atoms with E-state index in [0.29, 0.717) is 28.7 Å². The van der Waals surface area contributed by atoms with Crippen LogP contribution < -0.4 is 19.5 Å². The molecule has 0 saturated carbocycles. The highest BCUT2D eigenvalue weighted by atomic mass is 16.5. The molecule has 0 radical (unpaired) electrons.